The van der Waals surface area contributed by atoms with E-state index in [-0.39, 0.29) is 17.9 Å². The van der Waals surface area contributed by atoms with Crippen molar-refractivity contribution < 1.29 is 9.21 Å². The summed E-state index contributed by atoms with van der Waals surface area (Å²) in [5.41, 5.74) is 2.68. The highest BCUT2D eigenvalue weighted by Gasteiger charge is 2.24. The molecule has 2 N–H and O–H groups in total. The maximum atomic E-state index is 12.4. The highest BCUT2D eigenvalue weighted by Crippen LogP contribution is 2.23. The van der Waals surface area contributed by atoms with Crippen LogP contribution < -0.4 is 5.32 Å². The first-order valence-electron chi connectivity index (χ1n) is 7.36. The highest BCUT2D eigenvalue weighted by atomic mass is 16.3. The Labute approximate surface area is 128 Å². The van der Waals surface area contributed by atoms with Crippen molar-refractivity contribution in [2.45, 2.75) is 26.8 Å². The van der Waals surface area contributed by atoms with Crippen LogP contribution in [0.1, 0.15) is 41.8 Å². The summed E-state index contributed by atoms with van der Waals surface area (Å²) in [5, 5.41) is 3.01. The van der Waals surface area contributed by atoms with E-state index < -0.39 is 0 Å². The standard InChI is InChI=1S/C17H19N3O2/c1-10(2)14(20-17(21)15-11(3)8-9-22-15)16-18-12-6-4-5-7-13(12)19-16/h4-10,14H,1-3H3,(H,18,19)(H,20,21). The molecule has 3 rings (SSSR count). The number of imidazole rings is 1. The zero-order chi connectivity index (χ0) is 15.7. The number of aryl methyl sites for hydroxylation is 1. The number of aromatic amines is 1. The van der Waals surface area contributed by atoms with E-state index in [1.807, 2.05) is 45.0 Å². The van der Waals surface area contributed by atoms with E-state index in [9.17, 15) is 4.79 Å². The lowest BCUT2D eigenvalue weighted by Crippen LogP contribution is -2.32. The molecule has 1 unspecified atom stereocenters. The average Bonchev–Trinajstić information content (AvgIpc) is 3.09. The number of hydrogen-bond donors (Lipinski definition) is 2. The van der Waals surface area contributed by atoms with Crippen molar-refractivity contribution in [2.75, 3.05) is 0 Å². The zero-order valence-corrected chi connectivity index (χ0v) is 12.9. The van der Waals surface area contributed by atoms with Crippen LogP contribution in [-0.4, -0.2) is 15.9 Å². The molecule has 0 aliphatic rings. The van der Waals surface area contributed by atoms with Crippen LogP contribution in [0.15, 0.2) is 41.0 Å². The van der Waals surface area contributed by atoms with Crippen LogP contribution in [0.25, 0.3) is 11.0 Å². The first kappa shape index (κ1) is 14.4. The number of aromatic nitrogens is 2. The van der Waals surface area contributed by atoms with Gasteiger partial charge in [-0.25, -0.2) is 4.98 Å². The molecule has 0 radical (unpaired) electrons. The van der Waals surface area contributed by atoms with Crippen molar-refractivity contribution in [1.29, 1.82) is 0 Å². The number of benzene rings is 1. The molecule has 0 aliphatic carbocycles. The molecule has 5 heteroatoms. The number of H-pyrrole nitrogens is 1. The van der Waals surface area contributed by atoms with Crippen molar-refractivity contribution in [2.24, 2.45) is 5.92 Å². The van der Waals surface area contributed by atoms with Gasteiger partial charge in [0.25, 0.3) is 5.91 Å². The van der Waals surface area contributed by atoms with Gasteiger partial charge in [-0.1, -0.05) is 26.0 Å². The second-order valence-electron chi connectivity index (χ2n) is 5.77. The summed E-state index contributed by atoms with van der Waals surface area (Å²) in [4.78, 5) is 20.3. The molecule has 0 saturated heterocycles. The average molecular weight is 297 g/mol. The van der Waals surface area contributed by atoms with Gasteiger partial charge in [0.2, 0.25) is 0 Å². The summed E-state index contributed by atoms with van der Waals surface area (Å²) in [7, 11) is 0. The molecular formula is C17H19N3O2. The van der Waals surface area contributed by atoms with Crippen LogP contribution in [0, 0.1) is 12.8 Å². The molecule has 1 amide bonds. The molecule has 2 heterocycles. The first-order valence-corrected chi connectivity index (χ1v) is 7.36. The molecule has 1 atom stereocenters. The largest absolute Gasteiger partial charge is 0.459 e. The second kappa shape index (κ2) is 5.67. The first-order chi connectivity index (χ1) is 10.6. The molecule has 0 fully saturated rings. The van der Waals surface area contributed by atoms with Crippen molar-refractivity contribution in [3.8, 4) is 0 Å². The molecule has 114 valence electrons. The van der Waals surface area contributed by atoms with Crippen molar-refractivity contribution in [1.82, 2.24) is 15.3 Å². The summed E-state index contributed by atoms with van der Waals surface area (Å²) in [5.74, 6) is 1.08. The lowest BCUT2D eigenvalue weighted by molar-refractivity contribution is 0.0894. The van der Waals surface area contributed by atoms with Crippen LogP contribution >= 0.6 is 0 Å². The number of carbonyl (C=O) groups is 1. The summed E-state index contributed by atoms with van der Waals surface area (Å²) in [6.07, 6.45) is 1.52. The van der Waals surface area contributed by atoms with Gasteiger partial charge in [-0.05, 0) is 31.0 Å². The molecule has 0 bridgehead atoms. The molecule has 3 aromatic rings. The molecule has 22 heavy (non-hydrogen) atoms. The molecule has 5 nitrogen and oxygen atoms in total. The fourth-order valence-electron chi connectivity index (χ4n) is 2.48. The normalized spacial score (nSPS) is 12.7. The smallest absolute Gasteiger partial charge is 0.287 e. The quantitative estimate of drug-likeness (QED) is 0.773. The SMILES string of the molecule is Cc1ccoc1C(=O)NC(c1nc2ccccc2[nH]1)C(C)C. The van der Waals surface area contributed by atoms with Gasteiger partial charge in [-0.15, -0.1) is 0 Å². The number of hydrogen-bond acceptors (Lipinski definition) is 3. The fraction of sp³-hybridized carbons (Fsp3) is 0.294. The van der Waals surface area contributed by atoms with E-state index in [1.165, 1.54) is 6.26 Å². The van der Waals surface area contributed by atoms with E-state index >= 15 is 0 Å². The van der Waals surface area contributed by atoms with Crippen LogP contribution in [0.2, 0.25) is 0 Å². The minimum absolute atomic E-state index is 0.194. The number of rotatable bonds is 4. The number of carbonyl (C=O) groups excluding carboxylic acids is 1. The monoisotopic (exact) mass is 297 g/mol. The Morgan fingerprint density at radius 2 is 2.05 bits per heavy atom. The third-order valence-electron chi connectivity index (χ3n) is 3.72. The predicted octanol–water partition coefficient (Wildman–Crippen LogP) is 3.59. The fourth-order valence-corrected chi connectivity index (χ4v) is 2.48. The summed E-state index contributed by atoms with van der Waals surface area (Å²) < 4.78 is 5.26. The molecular weight excluding hydrogens is 278 g/mol. The third-order valence-corrected chi connectivity index (χ3v) is 3.72. The Bertz CT molecular complexity index is 768. The maximum absolute atomic E-state index is 12.4. The van der Waals surface area contributed by atoms with Gasteiger partial charge in [0, 0.05) is 5.56 Å². The van der Waals surface area contributed by atoms with Crippen LogP contribution in [0.5, 0.6) is 0 Å². The Morgan fingerprint density at radius 1 is 1.27 bits per heavy atom. The highest BCUT2D eigenvalue weighted by molar-refractivity contribution is 5.93. The minimum atomic E-state index is -0.221. The molecule has 2 aromatic heterocycles. The van der Waals surface area contributed by atoms with Gasteiger partial charge >= 0.3 is 0 Å². The number of furan rings is 1. The van der Waals surface area contributed by atoms with E-state index in [0.717, 1.165) is 22.4 Å². The molecule has 0 saturated carbocycles. The number of amides is 1. The second-order valence-corrected chi connectivity index (χ2v) is 5.77. The predicted molar refractivity (Wildman–Crippen MR) is 84.6 cm³/mol. The number of nitrogens with one attached hydrogen (secondary N) is 2. The summed E-state index contributed by atoms with van der Waals surface area (Å²) in [6.45, 7) is 5.95. The van der Waals surface area contributed by atoms with Crippen molar-refractivity contribution in [3.63, 3.8) is 0 Å². The summed E-state index contributed by atoms with van der Waals surface area (Å²) in [6, 6.07) is 9.40. The molecule has 0 aliphatic heterocycles. The Balaban J connectivity index is 1.90. The van der Waals surface area contributed by atoms with Crippen molar-refractivity contribution in [3.05, 3.63) is 53.7 Å². The van der Waals surface area contributed by atoms with E-state index in [4.69, 9.17) is 4.42 Å². The zero-order valence-electron chi connectivity index (χ0n) is 12.9. The van der Waals surface area contributed by atoms with Gasteiger partial charge in [0.15, 0.2) is 5.76 Å². The Morgan fingerprint density at radius 3 is 2.68 bits per heavy atom. The van der Waals surface area contributed by atoms with Gasteiger partial charge in [0.1, 0.15) is 5.82 Å². The van der Waals surface area contributed by atoms with Crippen molar-refractivity contribution >= 4 is 16.9 Å². The molecule has 0 spiro atoms. The van der Waals surface area contributed by atoms with E-state index in [0.29, 0.717) is 5.76 Å². The maximum Gasteiger partial charge on any atom is 0.287 e. The van der Waals surface area contributed by atoms with Crippen LogP contribution in [0.3, 0.4) is 0 Å². The summed E-state index contributed by atoms with van der Waals surface area (Å²) >= 11 is 0. The van der Waals surface area contributed by atoms with Gasteiger partial charge in [-0.2, -0.15) is 0 Å². The third kappa shape index (κ3) is 2.62. The van der Waals surface area contributed by atoms with Gasteiger partial charge < -0.3 is 14.7 Å². The lowest BCUT2D eigenvalue weighted by atomic mass is 10.0. The van der Waals surface area contributed by atoms with Crippen LogP contribution in [-0.2, 0) is 0 Å². The topological polar surface area (TPSA) is 70.9 Å². The lowest BCUT2D eigenvalue weighted by Gasteiger charge is -2.19. The Kier molecular flexibility index (Phi) is 3.71. The Hall–Kier alpha value is -2.56. The minimum Gasteiger partial charge on any atom is -0.459 e. The number of nitrogens with zero attached hydrogens (tertiary/aromatic N) is 1. The van der Waals surface area contributed by atoms with Crippen LogP contribution in [0.4, 0.5) is 0 Å². The van der Waals surface area contributed by atoms with E-state index in [1.54, 1.807) is 6.07 Å². The number of para-hydroxylation sites is 2. The number of fused-ring (bicyclic) bond motifs is 1. The van der Waals surface area contributed by atoms with Gasteiger partial charge in [0.05, 0.1) is 23.3 Å². The van der Waals surface area contributed by atoms with E-state index in [2.05, 4.69) is 15.3 Å². The molecule has 1 aromatic carbocycles. The van der Waals surface area contributed by atoms with Gasteiger partial charge in [-0.3, -0.25) is 4.79 Å².